The van der Waals surface area contributed by atoms with Crippen LogP contribution in [-0.4, -0.2) is 27.3 Å². The molecule has 1 aromatic rings. The van der Waals surface area contributed by atoms with Crippen molar-refractivity contribution in [2.45, 2.75) is 32.6 Å². The van der Waals surface area contributed by atoms with E-state index in [0.717, 1.165) is 31.0 Å². The van der Waals surface area contributed by atoms with Crippen LogP contribution in [0.5, 0.6) is 11.5 Å². The molecule has 0 fully saturated rings. The molecule has 0 aliphatic rings. The predicted molar refractivity (Wildman–Crippen MR) is 75.6 cm³/mol. The molecule has 0 spiro atoms. The molecule has 0 radical (unpaired) electrons. The normalized spacial score (nSPS) is 10.4. The molecule has 3 heteroatoms. The van der Waals surface area contributed by atoms with Gasteiger partial charge in [0.15, 0.2) is 11.5 Å². The van der Waals surface area contributed by atoms with Gasteiger partial charge in [-0.2, -0.15) is 0 Å². The second-order valence-corrected chi connectivity index (χ2v) is 4.40. The van der Waals surface area contributed by atoms with Gasteiger partial charge in [-0.15, -0.1) is 0 Å². The largest absolute Gasteiger partial charge is 0.493 e. The molecule has 1 N–H and O–H groups in total. The van der Waals surface area contributed by atoms with Gasteiger partial charge in [-0.1, -0.05) is 13.0 Å². The summed E-state index contributed by atoms with van der Waals surface area (Å²) in [7, 11) is 3.34. The molecule has 3 nitrogen and oxygen atoms in total. The van der Waals surface area contributed by atoms with E-state index in [4.69, 9.17) is 9.47 Å². The summed E-state index contributed by atoms with van der Waals surface area (Å²) in [6.07, 6.45) is 4.71. The van der Waals surface area contributed by atoms with E-state index in [9.17, 15) is 0 Å². The van der Waals surface area contributed by atoms with Crippen molar-refractivity contribution in [1.29, 1.82) is 0 Å². The monoisotopic (exact) mass is 251 g/mol. The quantitative estimate of drug-likeness (QED) is 0.684. The predicted octanol–water partition coefficient (Wildman–Crippen LogP) is 3.03. The number of nitrogens with one attached hydrogen (secondary N) is 1. The summed E-state index contributed by atoms with van der Waals surface area (Å²) in [5, 5.41) is 3.42. The first-order valence-corrected chi connectivity index (χ1v) is 6.73. The van der Waals surface area contributed by atoms with Crippen LogP contribution in [0.4, 0.5) is 0 Å². The summed E-state index contributed by atoms with van der Waals surface area (Å²) in [5.74, 6) is 1.62. The SMILES string of the molecule is CCCNCCCCc1ccc(OC)c(OC)c1. The fourth-order valence-electron chi connectivity index (χ4n) is 1.92. The molecule has 0 unspecified atom stereocenters. The lowest BCUT2D eigenvalue weighted by molar-refractivity contribution is 0.354. The number of hydrogen-bond acceptors (Lipinski definition) is 3. The fourth-order valence-corrected chi connectivity index (χ4v) is 1.92. The maximum Gasteiger partial charge on any atom is 0.160 e. The highest BCUT2D eigenvalue weighted by Gasteiger charge is 2.04. The Morgan fingerprint density at radius 1 is 1.00 bits per heavy atom. The van der Waals surface area contributed by atoms with Crippen LogP contribution in [0, 0.1) is 0 Å². The Morgan fingerprint density at radius 2 is 1.78 bits per heavy atom. The summed E-state index contributed by atoms with van der Waals surface area (Å²) >= 11 is 0. The zero-order valence-electron chi connectivity index (χ0n) is 11.8. The minimum Gasteiger partial charge on any atom is -0.493 e. The number of methoxy groups -OCH3 is 2. The van der Waals surface area contributed by atoms with Crippen LogP contribution < -0.4 is 14.8 Å². The van der Waals surface area contributed by atoms with E-state index in [-0.39, 0.29) is 0 Å². The molecule has 0 aliphatic heterocycles. The van der Waals surface area contributed by atoms with Crippen LogP contribution in [-0.2, 0) is 6.42 Å². The Labute approximate surface area is 110 Å². The molecule has 0 saturated carbocycles. The van der Waals surface area contributed by atoms with Gasteiger partial charge in [0.05, 0.1) is 14.2 Å². The Kier molecular flexibility index (Phi) is 7.26. The van der Waals surface area contributed by atoms with Crippen molar-refractivity contribution in [2.75, 3.05) is 27.3 Å². The lowest BCUT2D eigenvalue weighted by Crippen LogP contribution is -2.15. The number of rotatable bonds is 9. The van der Waals surface area contributed by atoms with Crippen LogP contribution in [0.1, 0.15) is 31.7 Å². The number of benzene rings is 1. The first-order valence-electron chi connectivity index (χ1n) is 6.73. The minimum atomic E-state index is 0.797. The highest BCUT2D eigenvalue weighted by molar-refractivity contribution is 5.42. The van der Waals surface area contributed by atoms with Crippen molar-refractivity contribution in [2.24, 2.45) is 0 Å². The van der Waals surface area contributed by atoms with Gasteiger partial charge in [0, 0.05) is 0 Å². The molecule has 102 valence electrons. The van der Waals surface area contributed by atoms with Crippen molar-refractivity contribution in [3.8, 4) is 11.5 Å². The molecular weight excluding hydrogens is 226 g/mol. The molecule has 0 heterocycles. The number of hydrogen-bond donors (Lipinski definition) is 1. The summed E-state index contributed by atoms with van der Waals surface area (Å²) in [6, 6.07) is 6.16. The maximum atomic E-state index is 5.30. The molecule has 1 rings (SSSR count). The molecule has 1 aromatic carbocycles. The molecule has 0 aromatic heterocycles. The Morgan fingerprint density at radius 3 is 2.44 bits per heavy atom. The average molecular weight is 251 g/mol. The second-order valence-electron chi connectivity index (χ2n) is 4.40. The van der Waals surface area contributed by atoms with Crippen molar-refractivity contribution in [3.05, 3.63) is 23.8 Å². The summed E-state index contributed by atoms with van der Waals surface area (Å²) in [4.78, 5) is 0. The first-order chi connectivity index (χ1) is 8.81. The number of aryl methyl sites for hydroxylation is 1. The first kappa shape index (κ1) is 14.8. The molecule has 0 saturated heterocycles. The van der Waals surface area contributed by atoms with E-state index in [2.05, 4.69) is 24.4 Å². The molecule has 0 atom stereocenters. The maximum absolute atomic E-state index is 5.30. The van der Waals surface area contributed by atoms with Gasteiger partial charge in [-0.25, -0.2) is 0 Å². The summed E-state index contributed by atoms with van der Waals surface area (Å²) in [6.45, 7) is 4.42. The molecule has 0 amide bonds. The van der Waals surface area contributed by atoms with E-state index in [0.29, 0.717) is 0 Å². The van der Waals surface area contributed by atoms with Gasteiger partial charge in [-0.3, -0.25) is 0 Å². The lowest BCUT2D eigenvalue weighted by Gasteiger charge is -2.09. The zero-order valence-corrected chi connectivity index (χ0v) is 11.8. The Balaban J connectivity index is 2.34. The fraction of sp³-hybridized carbons (Fsp3) is 0.600. The molecule has 0 bridgehead atoms. The van der Waals surface area contributed by atoms with Crippen LogP contribution >= 0.6 is 0 Å². The topological polar surface area (TPSA) is 30.5 Å². The minimum absolute atomic E-state index is 0.797. The Bertz CT molecular complexity index is 339. The van der Waals surface area contributed by atoms with Crippen molar-refractivity contribution in [1.82, 2.24) is 5.32 Å². The van der Waals surface area contributed by atoms with Crippen molar-refractivity contribution >= 4 is 0 Å². The number of ether oxygens (including phenoxy) is 2. The van der Waals surface area contributed by atoms with Gasteiger partial charge in [0.25, 0.3) is 0 Å². The van der Waals surface area contributed by atoms with Crippen LogP contribution in [0.2, 0.25) is 0 Å². The van der Waals surface area contributed by atoms with Gasteiger partial charge in [0.2, 0.25) is 0 Å². The third-order valence-electron chi connectivity index (χ3n) is 2.94. The van der Waals surface area contributed by atoms with Crippen LogP contribution in [0.3, 0.4) is 0 Å². The summed E-state index contributed by atoms with van der Waals surface area (Å²) < 4.78 is 10.5. The van der Waals surface area contributed by atoms with E-state index in [1.54, 1.807) is 14.2 Å². The van der Waals surface area contributed by atoms with Crippen molar-refractivity contribution < 1.29 is 9.47 Å². The molecule has 18 heavy (non-hydrogen) atoms. The standard InChI is InChI=1S/C15H25NO2/c1-4-10-16-11-6-5-7-13-8-9-14(17-2)15(12-13)18-3/h8-9,12,16H,4-7,10-11H2,1-3H3. The summed E-state index contributed by atoms with van der Waals surface area (Å²) in [5.41, 5.74) is 1.31. The molecular formula is C15H25NO2. The van der Waals surface area contributed by atoms with Gasteiger partial charge in [-0.05, 0) is 56.5 Å². The van der Waals surface area contributed by atoms with Gasteiger partial charge in [0.1, 0.15) is 0 Å². The Hall–Kier alpha value is -1.22. The smallest absolute Gasteiger partial charge is 0.160 e. The van der Waals surface area contributed by atoms with Gasteiger partial charge >= 0.3 is 0 Å². The van der Waals surface area contributed by atoms with Crippen LogP contribution in [0.25, 0.3) is 0 Å². The number of unbranched alkanes of at least 4 members (excludes halogenated alkanes) is 1. The van der Waals surface area contributed by atoms with E-state index < -0.39 is 0 Å². The van der Waals surface area contributed by atoms with E-state index in [1.165, 1.54) is 24.8 Å². The zero-order chi connectivity index (χ0) is 13.2. The third-order valence-corrected chi connectivity index (χ3v) is 2.94. The highest BCUT2D eigenvalue weighted by Crippen LogP contribution is 2.27. The van der Waals surface area contributed by atoms with Crippen molar-refractivity contribution in [3.63, 3.8) is 0 Å². The third kappa shape index (κ3) is 4.96. The van der Waals surface area contributed by atoms with E-state index >= 15 is 0 Å². The van der Waals surface area contributed by atoms with Gasteiger partial charge < -0.3 is 14.8 Å². The second kappa shape index (κ2) is 8.81. The molecule has 0 aliphatic carbocycles. The average Bonchev–Trinajstić information content (AvgIpc) is 2.42. The lowest BCUT2D eigenvalue weighted by atomic mass is 10.1. The highest BCUT2D eigenvalue weighted by atomic mass is 16.5. The van der Waals surface area contributed by atoms with E-state index in [1.807, 2.05) is 6.07 Å². The van der Waals surface area contributed by atoms with Crippen LogP contribution in [0.15, 0.2) is 18.2 Å².